The van der Waals surface area contributed by atoms with Gasteiger partial charge in [0.15, 0.2) is 0 Å². The van der Waals surface area contributed by atoms with Crippen LogP contribution in [0.25, 0.3) is 0 Å². The van der Waals surface area contributed by atoms with Crippen molar-refractivity contribution in [3.8, 4) is 0 Å². The minimum atomic E-state index is -5.61. The second kappa shape index (κ2) is 15.3. The van der Waals surface area contributed by atoms with E-state index in [0.29, 0.717) is 35.3 Å². The molecule has 18 heteroatoms. The number of hydrogen-bond donors (Lipinski definition) is 7. The highest BCUT2D eigenvalue weighted by Gasteiger charge is 2.58. The molecule has 0 aliphatic carbocycles. The molecule has 1 aromatic carbocycles. The van der Waals surface area contributed by atoms with Crippen molar-refractivity contribution < 1.29 is 48.2 Å². The summed E-state index contributed by atoms with van der Waals surface area (Å²) in [6.45, 7) is 0.0966. The third-order valence-electron chi connectivity index (χ3n) is 5.45. The molecule has 0 aromatic heterocycles. The zero-order chi connectivity index (χ0) is 29.1. The average molecular weight is 621 g/mol. The Morgan fingerprint density at radius 2 is 1.58 bits per heavy atom. The van der Waals surface area contributed by atoms with Crippen LogP contribution in [0.15, 0.2) is 24.3 Å². The monoisotopic (exact) mass is 620 g/mol. The average Bonchev–Trinajstić information content (AvgIpc) is 2.83. The molecule has 0 spiro atoms. The lowest BCUT2D eigenvalue weighted by molar-refractivity contribution is -0.142. The number of hydrogen-bond acceptors (Lipinski definition) is 8. The zero-order valence-corrected chi connectivity index (χ0v) is 23.5. The Morgan fingerprint density at radius 1 is 1.05 bits per heavy atom. The van der Waals surface area contributed by atoms with Crippen LogP contribution >= 0.6 is 38.4 Å². The van der Waals surface area contributed by atoms with Crippen LogP contribution in [0.4, 0.5) is 5.69 Å². The summed E-state index contributed by atoms with van der Waals surface area (Å²) in [7, 11) is -11.2. The molecule has 0 unspecified atom stereocenters. The van der Waals surface area contributed by atoms with E-state index in [-0.39, 0.29) is 19.4 Å². The molecule has 1 atom stereocenters. The van der Waals surface area contributed by atoms with E-state index in [1.165, 1.54) is 0 Å². The Bertz CT molecular complexity index is 1010. The maximum absolute atomic E-state index is 12.6. The van der Waals surface area contributed by atoms with Crippen molar-refractivity contribution >= 4 is 62.3 Å². The van der Waals surface area contributed by atoms with Crippen LogP contribution in [0.1, 0.15) is 18.4 Å². The van der Waals surface area contributed by atoms with Crippen molar-refractivity contribution in [3.63, 3.8) is 0 Å². The second-order valence-electron chi connectivity index (χ2n) is 8.23. The van der Waals surface area contributed by atoms with E-state index in [1.54, 1.807) is 12.1 Å². The first-order valence-corrected chi connectivity index (χ1v) is 15.5. The summed E-state index contributed by atoms with van der Waals surface area (Å²) in [4.78, 5) is 75.1. The van der Waals surface area contributed by atoms with E-state index in [2.05, 4.69) is 5.32 Å². The highest BCUT2D eigenvalue weighted by molar-refractivity contribution is 7.72. The molecular formula is C20H32Cl2N4O10P2. The van der Waals surface area contributed by atoms with Gasteiger partial charge in [0.2, 0.25) is 18.2 Å². The Labute approximate surface area is 229 Å². The quantitative estimate of drug-likeness (QED) is 0.0516. The summed E-state index contributed by atoms with van der Waals surface area (Å²) >= 11 is 11.6. The van der Waals surface area contributed by atoms with Crippen molar-refractivity contribution in [1.29, 1.82) is 0 Å². The lowest BCUT2D eigenvalue weighted by atomic mass is 10.0. The summed E-state index contributed by atoms with van der Waals surface area (Å²) in [5.74, 6) is -0.856. The molecule has 1 aromatic rings. The summed E-state index contributed by atoms with van der Waals surface area (Å²) < 4.78 is 22.7. The number of benzene rings is 1. The van der Waals surface area contributed by atoms with Crippen molar-refractivity contribution in [2.24, 2.45) is 5.73 Å². The predicted molar refractivity (Wildman–Crippen MR) is 141 cm³/mol. The van der Waals surface area contributed by atoms with Gasteiger partial charge in [0.1, 0.15) is 6.54 Å². The Balaban J connectivity index is 2.66. The Morgan fingerprint density at radius 3 is 2.03 bits per heavy atom. The van der Waals surface area contributed by atoms with Gasteiger partial charge in [-0.3, -0.25) is 28.4 Å². The minimum Gasteiger partial charge on any atom is -0.369 e. The summed E-state index contributed by atoms with van der Waals surface area (Å²) in [5, 5.41) is 8.44. The van der Waals surface area contributed by atoms with Gasteiger partial charge in [-0.25, -0.2) is 0 Å². The number of carbonyl (C=O) groups is 3. The van der Waals surface area contributed by atoms with Gasteiger partial charge in [-0.1, -0.05) is 12.1 Å². The molecule has 0 aliphatic heterocycles. The van der Waals surface area contributed by atoms with Gasteiger partial charge < -0.3 is 40.6 Å². The number of imide groups is 1. The third kappa shape index (κ3) is 9.87. The molecule has 3 amide bonds. The number of amides is 3. The highest BCUT2D eigenvalue weighted by atomic mass is 35.5. The molecule has 0 radical (unpaired) electrons. The van der Waals surface area contributed by atoms with Crippen LogP contribution in [-0.4, -0.2) is 96.9 Å². The normalized spacial score (nSPS) is 13.1. The molecule has 0 heterocycles. The smallest absolute Gasteiger partial charge is 0.369 e. The summed E-state index contributed by atoms with van der Waals surface area (Å²) in [6.07, 6.45) is -1.27. The van der Waals surface area contributed by atoms with E-state index in [9.17, 15) is 28.6 Å². The van der Waals surface area contributed by atoms with Gasteiger partial charge in [-0.05, 0) is 30.5 Å². The summed E-state index contributed by atoms with van der Waals surface area (Å²) in [5.41, 5.74) is 7.52. The fraction of sp³-hybridized carbons (Fsp3) is 0.550. The fourth-order valence-electron chi connectivity index (χ4n) is 3.36. The number of nitrogens with zero attached hydrogens (tertiary/aromatic N) is 2. The molecule has 0 saturated heterocycles. The predicted octanol–water partition coefficient (Wildman–Crippen LogP) is -0.277. The van der Waals surface area contributed by atoms with Gasteiger partial charge in [0.25, 0.3) is 5.08 Å². The van der Waals surface area contributed by atoms with Gasteiger partial charge in [-0.15, -0.1) is 23.2 Å². The van der Waals surface area contributed by atoms with E-state index < -0.39 is 57.5 Å². The lowest BCUT2D eigenvalue weighted by Gasteiger charge is -2.29. The molecule has 8 N–H and O–H groups in total. The molecular weight excluding hydrogens is 589 g/mol. The number of alkyl halides is 2. The molecule has 216 valence electrons. The number of halogens is 2. The Kier molecular flexibility index (Phi) is 13.9. The number of carbonyl (C=O) groups excluding carboxylic acids is 3. The second-order valence-corrected chi connectivity index (χ2v) is 13.0. The van der Waals surface area contributed by atoms with Gasteiger partial charge in [0.05, 0.1) is 6.04 Å². The van der Waals surface area contributed by atoms with Crippen LogP contribution < -0.4 is 16.0 Å². The number of aliphatic hydroxyl groups is 1. The summed E-state index contributed by atoms with van der Waals surface area (Å²) in [6, 6.07) is 5.99. The molecule has 38 heavy (non-hydrogen) atoms. The van der Waals surface area contributed by atoms with Gasteiger partial charge >= 0.3 is 15.2 Å². The molecule has 14 nitrogen and oxygen atoms in total. The fourth-order valence-corrected chi connectivity index (χ4v) is 6.03. The third-order valence-corrected chi connectivity index (χ3v) is 9.67. The van der Waals surface area contributed by atoms with Crippen LogP contribution in [0, 0.1) is 0 Å². The van der Waals surface area contributed by atoms with Gasteiger partial charge in [-0.2, -0.15) is 0 Å². The SMILES string of the molecule is N[C@@H](Cc1ccc(N(CCCl)CCCl)cc1)C(=O)N(C=O)CC(=O)NCCCC(O)(P(=O)(O)O)P(=O)(O)O. The lowest BCUT2D eigenvalue weighted by Crippen LogP contribution is -2.48. The standard InChI is InChI=1S/C20H32Cl2N4O10P2/c21-7-10-25(11-8-22)16-4-2-15(3-5-16)12-17(23)19(29)26(14-27)13-18(28)24-9-1-6-20(30,37(31,32)33)38(34,35)36/h2-5,14,17,30H,1,6-13,23H2,(H,24,28)(H2,31,32,33)(H2,34,35,36)/t17-/m0/s1. The number of nitrogens with one attached hydrogen (secondary N) is 1. The van der Waals surface area contributed by atoms with Crippen LogP contribution in [0.2, 0.25) is 0 Å². The van der Waals surface area contributed by atoms with Crippen molar-refractivity contribution in [3.05, 3.63) is 29.8 Å². The molecule has 1 rings (SSSR count). The zero-order valence-electron chi connectivity index (χ0n) is 20.2. The number of rotatable bonds is 17. The van der Waals surface area contributed by atoms with Crippen molar-refractivity contribution in [2.45, 2.75) is 30.4 Å². The van der Waals surface area contributed by atoms with E-state index in [1.807, 2.05) is 17.0 Å². The maximum Gasteiger partial charge on any atom is 0.369 e. The van der Waals surface area contributed by atoms with E-state index >= 15 is 0 Å². The molecule has 0 bridgehead atoms. The van der Waals surface area contributed by atoms with Crippen LogP contribution in [0.3, 0.4) is 0 Å². The topological polar surface area (TPSA) is 231 Å². The minimum absolute atomic E-state index is 0.0689. The largest absolute Gasteiger partial charge is 0.369 e. The Hall–Kier alpha value is -1.57. The van der Waals surface area contributed by atoms with Crippen molar-refractivity contribution in [1.82, 2.24) is 10.2 Å². The molecule has 0 saturated carbocycles. The van der Waals surface area contributed by atoms with E-state index in [4.69, 9.17) is 48.5 Å². The first-order chi connectivity index (χ1) is 17.6. The first-order valence-electron chi connectivity index (χ1n) is 11.2. The number of nitrogens with two attached hydrogens (primary N) is 1. The number of anilines is 1. The van der Waals surface area contributed by atoms with Crippen molar-refractivity contribution in [2.75, 3.05) is 42.8 Å². The first kappa shape index (κ1) is 34.5. The van der Waals surface area contributed by atoms with Crippen LogP contribution in [-0.2, 0) is 29.9 Å². The molecule has 0 aliphatic rings. The van der Waals surface area contributed by atoms with E-state index in [0.717, 1.165) is 5.69 Å². The highest BCUT2D eigenvalue weighted by Crippen LogP contribution is 2.69. The van der Waals surface area contributed by atoms with Crippen LogP contribution in [0.5, 0.6) is 0 Å². The van der Waals surface area contributed by atoms with Gasteiger partial charge in [0, 0.05) is 43.5 Å². The maximum atomic E-state index is 12.6. The molecule has 0 fully saturated rings.